The number of hydrogen-bond acceptors (Lipinski definition) is 6. The molecular weight excluding hydrogens is 535 g/mol. The minimum absolute atomic E-state index is 0.206. The Morgan fingerprint density at radius 3 is 2.17 bits per heavy atom. The number of benzene rings is 3. The third-order valence-electron chi connectivity index (χ3n) is 5.71. The first-order chi connectivity index (χ1) is 18.9. The largest absolute Gasteiger partial charge is 0.494 e. The maximum absolute atomic E-state index is 12.9. The summed E-state index contributed by atoms with van der Waals surface area (Å²) in [5.41, 5.74) is 14.9. The van der Waals surface area contributed by atoms with Crippen LogP contribution in [0.2, 0.25) is 0 Å². The quantitative estimate of drug-likeness (QED) is 0.0789. The van der Waals surface area contributed by atoms with Crippen LogP contribution in [0.3, 0.4) is 0 Å². The first-order valence-electron chi connectivity index (χ1n) is 12.3. The lowest BCUT2D eigenvalue weighted by molar-refractivity contribution is -0.284. The molecule has 3 aromatic rings. The van der Waals surface area contributed by atoms with E-state index in [0.717, 1.165) is 11.1 Å². The van der Waals surface area contributed by atoms with E-state index < -0.39 is 30.9 Å². The van der Waals surface area contributed by atoms with Crippen LogP contribution in [0.15, 0.2) is 72.8 Å². The van der Waals surface area contributed by atoms with Crippen LogP contribution in [0.4, 0.5) is 33.3 Å². The van der Waals surface area contributed by atoms with E-state index in [1.807, 2.05) is 18.2 Å². The molecule has 40 heavy (non-hydrogen) atoms. The number of rotatable bonds is 13. The summed E-state index contributed by atoms with van der Waals surface area (Å²) in [6, 6.07) is 17.8. The van der Waals surface area contributed by atoms with E-state index >= 15 is 0 Å². The predicted octanol–water partition coefficient (Wildman–Crippen LogP) is 6.70. The summed E-state index contributed by atoms with van der Waals surface area (Å²) in [5.74, 6) is -4.84. The summed E-state index contributed by atoms with van der Waals surface area (Å²) in [6.45, 7) is 0.577. The van der Waals surface area contributed by atoms with Gasteiger partial charge in [0.05, 0.1) is 25.4 Å². The molecule has 0 aliphatic carbocycles. The van der Waals surface area contributed by atoms with Crippen LogP contribution in [0.1, 0.15) is 34.3 Å². The van der Waals surface area contributed by atoms with Crippen LogP contribution in [-0.4, -0.2) is 37.9 Å². The van der Waals surface area contributed by atoms with Crippen molar-refractivity contribution in [1.29, 1.82) is 0 Å². The number of carbonyl (C=O) groups excluding carboxylic acids is 1. The van der Waals surface area contributed by atoms with E-state index in [0.29, 0.717) is 36.8 Å². The summed E-state index contributed by atoms with van der Waals surface area (Å²) >= 11 is 0. The van der Waals surface area contributed by atoms with Crippen LogP contribution < -0.4 is 20.9 Å². The lowest BCUT2D eigenvalue weighted by Gasteiger charge is -2.19. The van der Waals surface area contributed by atoms with Crippen molar-refractivity contribution >= 4 is 23.4 Å². The van der Waals surface area contributed by atoms with Gasteiger partial charge < -0.3 is 25.7 Å². The summed E-state index contributed by atoms with van der Waals surface area (Å²) in [7, 11) is 0. The molecule has 0 saturated heterocycles. The Balaban J connectivity index is 1.38. The van der Waals surface area contributed by atoms with Crippen LogP contribution in [0.5, 0.6) is 11.5 Å². The van der Waals surface area contributed by atoms with E-state index in [4.69, 9.17) is 25.7 Å². The summed E-state index contributed by atoms with van der Waals surface area (Å²) in [4.78, 5) is 12.4. The fraction of sp³-hybridized carbons (Fsp3) is 0.276. The highest BCUT2D eigenvalue weighted by molar-refractivity contribution is 5.91. The van der Waals surface area contributed by atoms with Crippen LogP contribution >= 0.6 is 0 Å². The van der Waals surface area contributed by atoms with Crippen LogP contribution in [0, 0.1) is 0 Å². The van der Waals surface area contributed by atoms with Gasteiger partial charge in [0, 0.05) is 17.8 Å². The number of halogens is 5. The smallest absolute Gasteiger partial charge is 0.453 e. The fourth-order valence-electron chi connectivity index (χ4n) is 3.48. The van der Waals surface area contributed by atoms with E-state index in [1.165, 1.54) is 24.3 Å². The first-order valence-corrected chi connectivity index (χ1v) is 12.3. The molecule has 0 saturated carbocycles. The highest BCUT2D eigenvalue weighted by atomic mass is 19.4. The average molecular weight is 565 g/mol. The fourth-order valence-corrected chi connectivity index (χ4v) is 3.48. The second kappa shape index (κ2) is 13.8. The predicted molar refractivity (Wildman–Crippen MR) is 142 cm³/mol. The zero-order valence-electron chi connectivity index (χ0n) is 21.4. The molecule has 0 unspecified atom stereocenters. The molecule has 0 heterocycles. The molecule has 0 aliphatic heterocycles. The third-order valence-corrected chi connectivity index (χ3v) is 5.71. The number of alkyl halides is 5. The number of esters is 1. The molecule has 0 aromatic heterocycles. The lowest BCUT2D eigenvalue weighted by Crippen LogP contribution is -2.36. The Hall–Kier alpha value is -4.12. The van der Waals surface area contributed by atoms with Crippen molar-refractivity contribution in [2.75, 3.05) is 31.3 Å². The number of hydrogen-bond donors (Lipinski definition) is 2. The van der Waals surface area contributed by atoms with Gasteiger partial charge in [0.15, 0.2) is 0 Å². The van der Waals surface area contributed by atoms with Gasteiger partial charge in [-0.3, -0.25) is 0 Å². The molecule has 0 bridgehead atoms. The minimum Gasteiger partial charge on any atom is -0.494 e. The van der Waals surface area contributed by atoms with Crippen molar-refractivity contribution in [3.63, 3.8) is 0 Å². The molecule has 6 nitrogen and oxygen atoms in total. The van der Waals surface area contributed by atoms with Gasteiger partial charge in [-0.05, 0) is 72.5 Å². The normalized spacial score (nSPS) is 12.0. The maximum atomic E-state index is 12.9. The molecule has 4 N–H and O–H groups in total. The van der Waals surface area contributed by atoms with Gasteiger partial charge in [0.1, 0.15) is 11.5 Å². The first kappa shape index (κ1) is 30.4. The summed E-state index contributed by atoms with van der Waals surface area (Å²) in [5, 5.41) is 0. The van der Waals surface area contributed by atoms with Gasteiger partial charge in [-0.1, -0.05) is 30.4 Å². The molecule has 214 valence electrons. The van der Waals surface area contributed by atoms with E-state index in [1.54, 1.807) is 36.4 Å². The Kier molecular flexibility index (Phi) is 10.5. The van der Waals surface area contributed by atoms with Crippen molar-refractivity contribution in [2.45, 2.75) is 31.4 Å². The minimum atomic E-state index is -5.59. The zero-order valence-corrected chi connectivity index (χ0v) is 21.4. The number of nitrogens with two attached hydrogens (primary N) is 2. The molecule has 0 atom stereocenters. The monoisotopic (exact) mass is 564 g/mol. The van der Waals surface area contributed by atoms with E-state index in [2.05, 4.69) is 0 Å². The SMILES string of the molecule is Nc1ccc(CCOCC=Cc2ccc(OC(=O)c3ccc(OCCCC(F)(F)C(F)(F)F)cc3)cc2)c(N)c1. The Bertz CT molecular complexity index is 1280. The van der Waals surface area contributed by atoms with Gasteiger partial charge in [-0.2, -0.15) is 22.0 Å². The molecule has 0 aliphatic rings. The highest BCUT2D eigenvalue weighted by Crippen LogP contribution is 2.38. The second-order valence-electron chi connectivity index (χ2n) is 8.82. The van der Waals surface area contributed by atoms with Crippen molar-refractivity contribution in [3.8, 4) is 11.5 Å². The van der Waals surface area contributed by atoms with Gasteiger partial charge in [-0.25, -0.2) is 4.79 Å². The highest BCUT2D eigenvalue weighted by Gasteiger charge is 2.56. The van der Waals surface area contributed by atoms with Gasteiger partial charge in [-0.15, -0.1) is 0 Å². The standard InChI is InChI=1S/C29H29F5N2O4/c30-28(31,29(32,33)34)15-2-17-39-24-12-7-22(8-13-24)27(37)40-25-10-4-20(5-11-25)3-1-16-38-18-14-21-6-9-23(35)19-26(21)36/h1,3-13,19H,2,14-18,35-36H2. The second-order valence-corrected chi connectivity index (χ2v) is 8.82. The van der Waals surface area contributed by atoms with Crippen molar-refractivity contribution in [3.05, 3.63) is 89.5 Å². The van der Waals surface area contributed by atoms with E-state index in [-0.39, 0.29) is 17.9 Å². The Morgan fingerprint density at radius 2 is 1.52 bits per heavy atom. The Morgan fingerprint density at radius 1 is 0.850 bits per heavy atom. The average Bonchev–Trinajstić information content (AvgIpc) is 2.90. The van der Waals surface area contributed by atoms with Crippen molar-refractivity contribution in [1.82, 2.24) is 0 Å². The zero-order chi connectivity index (χ0) is 29.2. The molecule has 3 rings (SSSR count). The van der Waals surface area contributed by atoms with Crippen LogP contribution in [0.25, 0.3) is 6.08 Å². The van der Waals surface area contributed by atoms with Crippen molar-refractivity contribution < 1.29 is 41.0 Å². The Labute approximate surface area is 228 Å². The van der Waals surface area contributed by atoms with Gasteiger partial charge in [0.2, 0.25) is 0 Å². The molecule has 0 fully saturated rings. The number of anilines is 2. The maximum Gasteiger partial charge on any atom is 0.453 e. The van der Waals surface area contributed by atoms with Gasteiger partial charge >= 0.3 is 18.1 Å². The molecule has 0 amide bonds. The molecule has 0 radical (unpaired) electrons. The number of ether oxygens (including phenoxy) is 3. The molecule has 11 heteroatoms. The van der Waals surface area contributed by atoms with Gasteiger partial charge in [0.25, 0.3) is 0 Å². The molecule has 3 aromatic carbocycles. The number of nitrogen functional groups attached to an aromatic ring is 2. The summed E-state index contributed by atoms with van der Waals surface area (Å²) < 4.78 is 78.5. The lowest BCUT2D eigenvalue weighted by atomic mass is 10.1. The molecule has 0 spiro atoms. The molecular formula is C29H29F5N2O4. The number of carbonyl (C=O) groups is 1. The summed E-state index contributed by atoms with van der Waals surface area (Å²) in [6.07, 6.45) is -3.05. The topological polar surface area (TPSA) is 96.8 Å². The van der Waals surface area contributed by atoms with Crippen molar-refractivity contribution in [2.24, 2.45) is 0 Å². The van der Waals surface area contributed by atoms with Crippen LogP contribution in [-0.2, 0) is 11.2 Å². The van der Waals surface area contributed by atoms with E-state index in [9.17, 15) is 26.7 Å². The third kappa shape index (κ3) is 9.26.